The molecule has 81 heavy (non-hydrogen) atoms. The van der Waals surface area contributed by atoms with Gasteiger partial charge >= 0.3 is 0 Å². The van der Waals surface area contributed by atoms with Gasteiger partial charge in [0.15, 0.2) is 12.6 Å². The summed E-state index contributed by atoms with van der Waals surface area (Å²) in [6.45, 7) is 2.66. The quantitative estimate of drug-likeness (QED) is 0.0204. The molecule has 0 spiro atoms. The molecule has 14 heteroatoms. The molecule has 2 aliphatic heterocycles. The van der Waals surface area contributed by atoms with Gasteiger partial charge in [-0.1, -0.05) is 218 Å². The number of amides is 1. The Labute approximate surface area is 488 Å². The van der Waals surface area contributed by atoms with Crippen LogP contribution in [0.3, 0.4) is 0 Å². The smallest absolute Gasteiger partial charge is 0.220 e. The molecule has 2 heterocycles. The Morgan fingerprint density at radius 1 is 0.457 bits per heavy atom. The van der Waals surface area contributed by atoms with Gasteiger partial charge in [-0.25, -0.2) is 0 Å². The first-order chi connectivity index (χ1) is 39.6. The molecule has 14 nitrogen and oxygen atoms in total. The van der Waals surface area contributed by atoms with Gasteiger partial charge in [0.2, 0.25) is 5.91 Å². The van der Waals surface area contributed by atoms with Crippen molar-refractivity contribution in [2.45, 2.75) is 261 Å². The lowest BCUT2D eigenvalue weighted by Crippen LogP contribution is -2.65. The van der Waals surface area contributed by atoms with E-state index in [0.717, 1.165) is 128 Å². The molecular weight excluding hydrogens is 1030 g/mol. The fourth-order valence-corrected chi connectivity index (χ4v) is 9.18. The molecule has 1 amide bonds. The highest BCUT2D eigenvalue weighted by molar-refractivity contribution is 5.76. The van der Waals surface area contributed by atoms with Crippen molar-refractivity contribution in [1.82, 2.24) is 5.32 Å². The molecule has 0 saturated carbocycles. The molecule has 2 rings (SSSR count). The van der Waals surface area contributed by atoms with E-state index in [1.807, 2.05) is 0 Å². The number of rotatable bonds is 47. The SMILES string of the molecule is CC/C=C\C/C=C\C/C=C\C/C=C\C/C=C\C/C=C\C/C=C\C/C=C\C/C=C\C/C=C\C/C=C\CCCCCCCC(=O)NC(COC1OC(CO)C(OC2OC(CO)C(O)C(O)C2O)C(O)C1O)C(O)CCCCCCCCCC. The van der Waals surface area contributed by atoms with Crippen LogP contribution in [0.15, 0.2) is 134 Å². The summed E-state index contributed by atoms with van der Waals surface area (Å²) in [5.74, 6) is -0.236. The number of carbonyl (C=O) groups is 1. The van der Waals surface area contributed by atoms with Crippen LogP contribution in [0.1, 0.15) is 187 Å². The van der Waals surface area contributed by atoms with Crippen LogP contribution in [-0.2, 0) is 23.7 Å². The first-order valence-corrected chi connectivity index (χ1v) is 30.9. The van der Waals surface area contributed by atoms with Crippen LogP contribution in [0.4, 0.5) is 0 Å². The average Bonchev–Trinajstić information content (AvgIpc) is 3.51. The summed E-state index contributed by atoms with van der Waals surface area (Å²) in [6, 6.07) is -0.846. The van der Waals surface area contributed by atoms with Crippen LogP contribution in [0.5, 0.6) is 0 Å². The predicted molar refractivity (Wildman–Crippen MR) is 327 cm³/mol. The molecule has 2 fully saturated rings. The lowest BCUT2D eigenvalue weighted by atomic mass is 9.97. The summed E-state index contributed by atoms with van der Waals surface area (Å²) in [7, 11) is 0. The van der Waals surface area contributed by atoms with Crippen molar-refractivity contribution >= 4 is 5.91 Å². The van der Waals surface area contributed by atoms with Gasteiger partial charge in [-0.15, -0.1) is 0 Å². The van der Waals surface area contributed by atoms with Gasteiger partial charge in [0, 0.05) is 6.42 Å². The van der Waals surface area contributed by atoms with E-state index in [1.54, 1.807) is 0 Å². The molecular formula is C67H109NO13. The zero-order valence-corrected chi connectivity index (χ0v) is 49.5. The van der Waals surface area contributed by atoms with Crippen molar-refractivity contribution in [3.63, 3.8) is 0 Å². The second-order valence-corrected chi connectivity index (χ2v) is 21.1. The summed E-state index contributed by atoms with van der Waals surface area (Å²) in [4.78, 5) is 13.2. The van der Waals surface area contributed by atoms with Gasteiger partial charge in [0.25, 0.3) is 0 Å². The van der Waals surface area contributed by atoms with Gasteiger partial charge in [-0.2, -0.15) is 0 Å². The van der Waals surface area contributed by atoms with Crippen LogP contribution in [0, 0.1) is 0 Å². The summed E-state index contributed by atoms with van der Waals surface area (Å²) >= 11 is 0. The number of hydrogen-bond acceptors (Lipinski definition) is 13. The minimum absolute atomic E-state index is 0.236. The van der Waals surface area contributed by atoms with E-state index in [0.29, 0.717) is 12.8 Å². The molecule has 9 N–H and O–H groups in total. The van der Waals surface area contributed by atoms with E-state index in [-0.39, 0.29) is 18.9 Å². The molecule has 0 radical (unpaired) electrons. The number of aliphatic hydroxyl groups is 8. The van der Waals surface area contributed by atoms with Crippen LogP contribution in [0.25, 0.3) is 0 Å². The highest BCUT2D eigenvalue weighted by atomic mass is 16.7. The molecule has 0 bridgehead atoms. The van der Waals surface area contributed by atoms with E-state index in [9.17, 15) is 45.6 Å². The molecule has 12 atom stereocenters. The highest BCUT2D eigenvalue weighted by Gasteiger charge is 2.51. The van der Waals surface area contributed by atoms with Crippen LogP contribution in [0.2, 0.25) is 0 Å². The van der Waals surface area contributed by atoms with E-state index in [2.05, 4.69) is 153 Å². The maximum absolute atomic E-state index is 13.2. The Balaban J connectivity index is 1.61. The molecule has 0 aromatic rings. The summed E-state index contributed by atoms with van der Waals surface area (Å²) in [6.07, 6.45) is 57.8. The number of aliphatic hydroxyl groups excluding tert-OH is 8. The Kier molecular flexibility index (Phi) is 45.8. The van der Waals surface area contributed by atoms with Gasteiger partial charge < -0.3 is 65.1 Å². The fraction of sp³-hybridized carbons (Fsp3) is 0.657. The monoisotopic (exact) mass is 1140 g/mol. The average molecular weight is 1140 g/mol. The third kappa shape index (κ3) is 35.8. The standard InChI is InChI=1S/C67H109NO13/c1-3-5-7-9-11-13-14-15-16-17-18-19-20-21-22-23-24-25-26-27-28-29-30-31-32-33-34-35-36-37-38-39-40-41-42-43-45-47-49-51-59(72)68-55(56(71)50-48-46-44-12-10-8-6-4-2)54-78-66-64(77)62(75)65(58(53-70)80-66)81-67-63(76)61(74)60(73)57(52-69)79-67/h5,7,11,13,15-16,18-19,21-22,24-25,27-28,30-31,33-34,36-37,39-40,55-58,60-67,69-71,73-77H,3-4,6,8-10,12,14,17,20,23,26,29,32,35,38,41-54H2,1-2H3,(H,68,72)/b7-5-,13-11-,16-15-,19-18-,22-21-,25-24-,28-27-,31-30-,34-33-,37-36-,40-39-. The molecule has 0 aromatic heterocycles. The minimum Gasteiger partial charge on any atom is -0.394 e. The number of allylic oxidation sites excluding steroid dienone is 22. The Morgan fingerprint density at radius 2 is 0.852 bits per heavy atom. The van der Waals surface area contributed by atoms with Gasteiger partial charge in [-0.05, 0) is 96.3 Å². The van der Waals surface area contributed by atoms with Crippen LogP contribution >= 0.6 is 0 Å². The number of hydrogen-bond donors (Lipinski definition) is 9. The van der Waals surface area contributed by atoms with E-state index < -0.39 is 86.8 Å². The second kappa shape index (κ2) is 50.6. The first-order valence-electron chi connectivity index (χ1n) is 30.9. The van der Waals surface area contributed by atoms with Gasteiger partial charge in [0.05, 0.1) is 32.0 Å². The lowest BCUT2D eigenvalue weighted by molar-refractivity contribution is -0.359. The van der Waals surface area contributed by atoms with Crippen molar-refractivity contribution in [3.05, 3.63) is 134 Å². The van der Waals surface area contributed by atoms with Crippen molar-refractivity contribution < 1.29 is 64.6 Å². The second-order valence-electron chi connectivity index (χ2n) is 21.1. The normalized spacial score (nSPS) is 25.1. The largest absolute Gasteiger partial charge is 0.394 e. The number of ether oxygens (including phenoxy) is 4. The summed E-state index contributed by atoms with van der Waals surface area (Å²) < 4.78 is 22.7. The van der Waals surface area contributed by atoms with E-state index in [4.69, 9.17) is 18.9 Å². The summed E-state index contributed by atoms with van der Waals surface area (Å²) in [5.41, 5.74) is 0. The Morgan fingerprint density at radius 3 is 1.31 bits per heavy atom. The number of unbranched alkanes of at least 4 members (excludes halogenated alkanes) is 12. The minimum atomic E-state index is -1.79. The third-order valence-electron chi connectivity index (χ3n) is 14.1. The summed E-state index contributed by atoms with van der Waals surface area (Å²) in [5, 5.41) is 86.9. The molecule has 460 valence electrons. The molecule has 2 aliphatic rings. The fourth-order valence-electron chi connectivity index (χ4n) is 9.18. The maximum atomic E-state index is 13.2. The zero-order chi connectivity index (χ0) is 58.8. The number of carbonyl (C=O) groups excluding carboxylic acids is 1. The maximum Gasteiger partial charge on any atom is 0.220 e. The first kappa shape index (κ1) is 73.2. The topological polar surface area (TPSA) is 228 Å². The molecule has 0 aromatic carbocycles. The Bertz CT molecular complexity index is 1870. The highest BCUT2D eigenvalue weighted by Crippen LogP contribution is 2.30. The van der Waals surface area contributed by atoms with Crippen LogP contribution < -0.4 is 5.32 Å². The number of nitrogens with one attached hydrogen (secondary N) is 1. The van der Waals surface area contributed by atoms with Crippen molar-refractivity contribution in [2.24, 2.45) is 0 Å². The molecule has 2 saturated heterocycles. The third-order valence-corrected chi connectivity index (χ3v) is 14.1. The molecule has 12 unspecified atom stereocenters. The lowest BCUT2D eigenvalue weighted by Gasteiger charge is -2.46. The Hall–Kier alpha value is -3.87. The van der Waals surface area contributed by atoms with Gasteiger partial charge in [0.1, 0.15) is 48.8 Å². The van der Waals surface area contributed by atoms with Gasteiger partial charge in [-0.3, -0.25) is 4.79 Å². The van der Waals surface area contributed by atoms with Crippen molar-refractivity contribution in [3.8, 4) is 0 Å². The van der Waals surface area contributed by atoms with E-state index in [1.165, 1.54) is 25.7 Å². The van der Waals surface area contributed by atoms with Crippen molar-refractivity contribution in [2.75, 3.05) is 19.8 Å². The predicted octanol–water partition coefficient (Wildman–Crippen LogP) is 11.2. The van der Waals surface area contributed by atoms with Crippen molar-refractivity contribution in [1.29, 1.82) is 0 Å². The van der Waals surface area contributed by atoms with Crippen LogP contribution in [-0.4, -0.2) is 140 Å². The molecule has 0 aliphatic carbocycles. The van der Waals surface area contributed by atoms with E-state index >= 15 is 0 Å². The zero-order valence-electron chi connectivity index (χ0n) is 49.5.